The highest BCUT2D eigenvalue weighted by atomic mass is 19.4. The van der Waals surface area contributed by atoms with Crippen LogP contribution in [0.5, 0.6) is 0 Å². The van der Waals surface area contributed by atoms with Crippen molar-refractivity contribution < 1.29 is 40.7 Å². The zero-order chi connectivity index (χ0) is 29.8. The van der Waals surface area contributed by atoms with Crippen LogP contribution in [0.4, 0.5) is 26.3 Å². The molecule has 0 radical (unpaired) electrons. The van der Waals surface area contributed by atoms with Crippen molar-refractivity contribution in [2.45, 2.75) is 123 Å². The van der Waals surface area contributed by atoms with E-state index in [0.717, 1.165) is 50.9 Å². The van der Waals surface area contributed by atoms with Crippen molar-refractivity contribution in [1.82, 2.24) is 0 Å². The molecule has 40 heavy (non-hydrogen) atoms. The summed E-state index contributed by atoms with van der Waals surface area (Å²) in [5.74, 6) is 0.857. The van der Waals surface area contributed by atoms with Gasteiger partial charge in [-0.15, -0.1) is 0 Å². The Bertz CT molecular complexity index is 882. The van der Waals surface area contributed by atoms with Gasteiger partial charge in [0.2, 0.25) is 0 Å². The van der Waals surface area contributed by atoms with Crippen LogP contribution in [-0.2, 0) is 21.9 Å². The number of halogens is 6. The molecule has 1 aliphatic rings. The van der Waals surface area contributed by atoms with E-state index in [-0.39, 0.29) is 18.5 Å². The van der Waals surface area contributed by atoms with Gasteiger partial charge in [0.25, 0.3) is 0 Å². The SMILES string of the molecule is CC(C)COC(=O)CCCCCCCC1CCC(CCCCC(=O)c2cc(C(F)(F)F)cc(C(F)(F)F)c2)CC1. The molecule has 0 atom stereocenters. The zero-order valence-electron chi connectivity index (χ0n) is 23.8. The summed E-state index contributed by atoms with van der Waals surface area (Å²) in [6.07, 6.45) is 3.86. The maximum Gasteiger partial charge on any atom is 0.416 e. The molecule has 0 bridgehead atoms. The summed E-state index contributed by atoms with van der Waals surface area (Å²) in [6, 6.07) is 1.08. The highest BCUT2D eigenvalue weighted by Gasteiger charge is 2.37. The number of rotatable bonds is 16. The number of alkyl halides is 6. The number of Topliss-reactive ketones (excluding diaryl/α,β-unsaturated/α-hetero) is 1. The molecular formula is C31H44F6O3. The third kappa shape index (κ3) is 13.1. The first-order valence-electron chi connectivity index (χ1n) is 14.7. The van der Waals surface area contributed by atoms with Crippen molar-refractivity contribution in [1.29, 1.82) is 0 Å². The van der Waals surface area contributed by atoms with E-state index in [0.29, 0.717) is 43.4 Å². The number of benzene rings is 1. The molecule has 1 saturated carbocycles. The van der Waals surface area contributed by atoms with Crippen LogP contribution in [0, 0.1) is 17.8 Å². The molecule has 0 amide bonds. The maximum absolute atomic E-state index is 13.0. The summed E-state index contributed by atoms with van der Waals surface area (Å²) in [7, 11) is 0. The molecule has 0 unspecified atom stereocenters. The van der Waals surface area contributed by atoms with Gasteiger partial charge < -0.3 is 4.74 Å². The van der Waals surface area contributed by atoms with E-state index in [1.165, 1.54) is 32.1 Å². The lowest BCUT2D eigenvalue weighted by atomic mass is 9.78. The van der Waals surface area contributed by atoms with Crippen LogP contribution in [-0.4, -0.2) is 18.4 Å². The van der Waals surface area contributed by atoms with Gasteiger partial charge in [-0.3, -0.25) is 9.59 Å². The second-order valence-corrected chi connectivity index (χ2v) is 11.7. The topological polar surface area (TPSA) is 43.4 Å². The van der Waals surface area contributed by atoms with Gasteiger partial charge in [-0.05, 0) is 48.8 Å². The number of carbonyl (C=O) groups is 2. The van der Waals surface area contributed by atoms with Crippen molar-refractivity contribution in [3.05, 3.63) is 34.9 Å². The molecule has 2 rings (SSSR count). The fourth-order valence-corrected chi connectivity index (χ4v) is 5.35. The minimum Gasteiger partial charge on any atom is -0.465 e. The van der Waals surface area contributed by atoms with E-state index in [4.69, 9.17) is 4.74 Å². The number of ketones is 1. The van der Waals surface area contributed by atoms with Gasteiger partial charge in [0.05, 0.1) is 17.7 Å². The molecule has 228 valence electrons. The van der Waals surface area contributed by atoms with Crippen molar-refractivity contribution in [2.75, 3.05) is 6.61 Å². The van der Waals surface area contributed by atoms with E-state index in [1.807, 2.05) is 13.8 Å². The highest BCUT2D eigenvalue weighted by molar-refractivity contribution is 5.96. The summed E-state index contributed by atoms with van der Waals surface area (Å²) in [6.45, 7) is 4.52. The van der Waals surface area contributed by atoms with Crippen LogP contribution in [0.3, 0.4) is 0 Å². The molecule has 1 aliphatic carbocycles. The Kier molecular flexibility index (Phi) is 14.0. The molecule has 1 fully saturated rings. The van der Waals surface area contributed by atoms with Crippen molar-refractivity contribution in [3.63, 3.8) is 0 Å². The number of ether oxygens (including phenoxy) is 1. The van der Waals surface area contributed by atoms with Gasteiger partial charge in [0.15, 0.2) is 5.78 Å². The average Bonchev–Trinajstić information content (AvgIpc) is 2.88. The monoisotopic (exact) mass is 578 g/mol. The predicted molar refractivity (Wildman–Crippen MR) is 143 cm³/mol. The molecule has 0 heterocycles. The summed E-state index contributed by atoms with van der Waals surface area (Å²) in [4.78, 5) is 24.0. The Labute approximate surface area is 234 Å². The molecular weight excluding hydrogens is 534 g/mol. The van der Waals surface area contributed by atoms with E-state index < -0.39 is 34.8 Å². The third-order valence-electron chi connectivity index (χ3n) is 7.71. The number of carbonyl (C=O) groups excluding carboxylic acids is 2. The summed E-state index contributed by atoms with van der Waals surface area (Å²) in [5.41, 5.74) is -3.45. The van der Waals surface area contributed by atoms with Gasteiger partial charge in [-0.2, -0.15) is 26.3 Å². The fraction of sp³-hybridized carbons (Fsp3) is 0.742. The molecule has 0 N–H and O–H groups in total. The molecule has 0 aromatic heterocycles. The minimum atomic E-state index is -4.96. The third-order valence-corrected chi connectivity index (χ3v) is 7.71. The molecule has 9 heteroatoms. The van der Waals surface area contributed by atoms with Crippen LogP contribution in [0.2, 0.25) is 0 Å². The number of esters is 1. The molecule has 1 aromatic rings. The lowest BCUT2D eigenvalue weighted by molar-refractivity contribution is -0.145. The van der Waals surface area contributed by atoms with Gasteiger partial charge in [0, 0.05) is 18.4 Å². The van der Waals surface area contributed by atoms with Crippen molar-refractivity contribution in [2.24, 2.45) is 17.8 Å². The molecule has 0 aliphatic heterocycles. The predicted octanol–water partition coefficient (Wildman–Crippen LogP) is 10.2. The van der Waals surface area contributed by atoms with E-state index in [9.17, 15) is 35.9 Å². The first-order valence-corrected chi connectivity index (χ1v) is 14.7. The minimum absolute atomic E-state index is 0.0446. The maximum atomic E-state index is 13.0. The lowest BCUT2D eigenvalue weighted by Gasteiger charge is -2.28. The molecule has 3 nitrogen and oxygen atoms in total. The summed E-state index contributed by atoms with van der Waals surface area (Å²) >= 11 is 0. The van der Waals surface area contributed by atoms with Crippen LogP contribution in [0.15, 0.2) is 18.2 Å². The van der Waals surface area contributed by atoms with Crippen LogP contribution >= 0.6 is 0 Å². The van der Waals surface area contributed by atoms with Crippen LogP contribution in [0.1, 0.15) is 132 Å². The van der Waals surface area contributed by atoms with Gasteiger partial charge in [-0.1, -0.05) is 84.5 Å². The Morgan fingerprint density at radius 2 is 1.18 bits per heavy atom. The van der Waals surface area contributed by atoms with Gasteiger partial charge >= 0.3 is 18.3 Å². The highest BCUT2D eigenvalue weighted by Crippen LogP contribution is 2.37. The molecule has 0 spiro atoms. The largest absolute Gasteiger partial charge is 0.465 e. The number of unbranched alkanes of at least 4 members (excludes halogenated alkanes) is 5. The van der Waals surface area contributed by atoms with Gasteiger partial charge in [0.1, 0.15) is 0 Å². The Balaban J connectivity index is 1.59. The quantitative estimate of drug-likeness (QED) is 0.0848. The first-order chi connectivity index (χ1) is 18.8. The Hall–Kier alpha value is -2.06. The smallest absolute Gasteiger partial charge is 0.416 e. The van der Waals surface area contributed by atoms with Crippen LogP contribution in [0.25, 0.3) is 0 Å². The first kappa shape index (κ1) is 34.1. The second-order valence-electron chi connectivity index (χ2n) is 11.7. The fourth-order valence-electron chi connectivity index (χ4n) is 5.35. The van der Waals surface area contributed by atoms with E-state index >= 15 is 0 Å². The lowest BCUT2D eigenvalue weighted by Crippen LogP contribution is -2.15. The summed E-state index contributed by atoms with van der Waals surface area (Å²) in [5, 5.41) is 0. The Morgan fingerprint density at radius 3 is 1.68 bits per heavy atom. The van der Waals surface area contributed by atoms with E-state index in [2.05, 4.69) is 0 Å². The average molecular weight is 579 g/mol. The number of hydrogen-bond acceptors (Lipinski definition) is 3. The second kappa shape index (κ2) is 16.4. The van der Waals surface area contributed by atoms with Crippen LogP contribution < -0.4 is 0 Å². The van der Waals surface area contributed by atoms with Crippen molar-refractivity contribution >= 4 is 11.8 Å². The number of hydrogen-bond donors (Lipinski definition) is 0. The standard InChI is InChI=1S/C31H44F6O3/c1-22(2)21-40-29(39)13-7-5-3-4-6-10-23-14-16-24(17-15-23)11-8-9-12-28(38)25-18-26(30(32,33)34)20-27(19-25)31(35,36)37/h18-20,22-24H,3-17,21H2,1-2H3. The van der Waals surface area contributed by atoms with Crippen molar-refractivity contribution in [3.8, 4) is 0 Å². The summed E-state index contributed by atoms with van der Waals surface area (Å²) < 4.78 is 83.4. The zero-order valence-corrected chi connectivity index (χ0v) is 23.8. The normalized spacial score (nSPS) is 18.2. The molecule has 0 saturated heterocycles. The molecule has 1 aromatic carbocycles. The Morgan fingerprint density at radius 1 is 0.725 bits per heavy atom. The van der Waals surface area contributed by atoms with Gasteiger partial charge in [-0.25, -0.2) is 0 Å². The van der Waals surface area contributed by atoms with E-state index in [1.54, 1.807) is 0 Å².